The van der Waals surface area contributed by atoms with Gasteiger partial charge in [-0.25, -0.2) is 13.1 Å². The second kappa shape index (κ2) is 9.12. The number of rotatable bonds is 8. The summed E-state index contributed by atoms with van der Waals surface area (Å²) in [5, 5.41) is 4.13. The molecular weight excluding hydrogens is 420 g/mol. The van der Waals surface area contributed by atoms with Crippen LogP contribution in [0.2, 0.25) is 5.02 Å². The molecule has 3 aromatic rings. The summed E-state index contributed by atoms with van der Waals surface area (Å²) in [5.41, 5.74) is 0.663. The van der Waals surface area contributed by atoms with Gasteiger partial charge in [-0.3, -0.25) is 9.78 Å². The highest BCUT2D eigenvalue weighted by Crippen LogP contribution is 2.20. The van der Waals surface area contributed by atoms with Gasteiger partial charge >= 0.3 is 5.97 Å². The fourth-order valence-electron chi connectivity index (χ4n) is 2.32. The van der Waals surface area contributed by atoms with E-state index in [4.69, 9.17) is 20.9 Å². The van der Waals surface area contributed by atoms with Crippen molar-refractivity contribution in [3.63, 3.8) is 0 Å². The zero-order chi connectivity index (χ0) is 20.9. The molecule has 0 fully saturated rings. The molecule has 2 heterocycles. The number of halogens is 1. The van der Waals surface area contributed by atoms with Crippen molar-refractivity contribution in [3.8, 4) is 11.4 Å². The third-order valence-electron chi connectivity index (χ3n) is 3.75. The van der Waals surface area contributed by atoms with Crippen molar-refractivity contribution in [2.45, 2.75) is 24.3 Å². The van der Waals surface area contributed by atoms with E-state index in [0.717, 1.165) is 0 Å². The van der Waals surface area contributed by atoms with E-state index in [1.807, 2.05) is 0 Å². The van der Waals surface area contributed by atoms with Gasteiger partial charge in [-0.15, -0.1) is 0 Å². The molecule has 9 nitrogen and oxygen atoms in total. The molecular formula is C18H17ClN4O5S. The maximum Gasteiger partial charge on any atom is 0.307 e. The van der Waals surface area contributed by atoms with Gasteiger partial charge in [0.1, 0.15) is 0 Å². The van der Waals surface area contributed by atoms with E-state index in [1.54, 1.807) is 37.5 Å². The first kappa shape index (κ1) is 20.9. The number of esters is 1. The van der Waals surface area contributed by atoms with E-state index in [-0.39, 0.29) is 23.8 Å². The van der Waals surface area contributed by atoms with Crippen molar-refractivity contribution in [1.29, 1.82) is 0 Å². The summed E-state index contributed by atoms with van der Waals surface area (Å²) in [7, 11) is -3.78. The summed E-state index contributed by atoms with van der Waals surface area (Å²) in [4.78, 5) is 20.2. The lowest BCUT2D eigenvalue weighted by atomic mass is 10.3. The van der Waals surface area contributed by atoms with Gasteiger partial charge in [0.25, 0.3) is 5.89 Å². The predicted molar refractivity (Wildman–Crippen MR) is 103 cm³/mol. The lowest BCUT2D eigenvalue weighted by Crippen LogP contribution is -2.27. The molecule has 0 saturated carbocycles. The minimum Gasteiger partial charge on any atom is -0.452 e. The second-order valence-electron chi connectivity index (χ2n) is 5.94. The molecule has 0 amide bonds. The number of aromatic nitrogens is 3. The third kappa shape index (κ3) is 5.59. The lowest BCUT2D eigenvalue weighted by Gasteiger charge is -2.10. The number of carbonyl (C=O) groups is 1. The Morgan fingerprint density at radius 3 is 2.86 bits per heavy atom. The molecule has 1 aromatic carbocycles. The molecule has 152 valence electrons. The van der Waals surface area contributed by atoms with Gasteiger partial charge in [0.15, 0.2) is 6.10 Å². The van der Waals surface area contributed by atoms with Crippen LogP contribution in [0.15, 0.2) is 58.2 Å². The van der Waals surface area contributed by atoms with E-state index < -0.39 is 22.1 Å². The largest absolute Gasteiger partial charge is 0.452 e. The van der Waals surface area contributed by atoms with Crippen LogP contribution in [0.3, 0.4) is 0 Å². The molecule has 0 bridgehead atoms. The molecule has 2 aromatic heterocycles. The standard InChI is InChI=1S/C18H17ClN4O5S/c1-12(18-22-17(23-28-18)13-4-3-8-20-11-13)27-16(24)7-9-21-29(25,26)15-6-2-5-14(19)10-15/h2-6,8,10-12,21H,7,9H2,1H3. The van der Waals surface area contributed by atoms with Crippen molar-refractivity contribution in [2.24, 2.45) is 0 Å². The van der Waals surface area contributed by atoms with E-state index in [0.29, 0.717) is 16.4 Å². The molecule has 1 N–H and O–H groups in total. The Morgan fingerprint density at radius 2 is 2.14 bits per heavy atom. The third-order valence-corrected chi connectivity index (χ3v) is 5.44. The molecule has 0 saturated heterocycles. The zero-order valence-corrected chi connectivity index (χ0v) is 16.9. The summed E-state index contributed by atoms with van der Waals surface area (Å²) >= 11 is 5.80. The van der Waals surface area contributed by atoms with E-state index in [2.05, 4.69) is 19.8 Å². The van der Waals surface area contributed by atoms with Crippen molar-refractivity contribution in [1.82, 2.24) is 19.8 Å². The molecule has 0 spiro atoms. The van der Waals surface area contributed by atoms with E-state index >= 15 is 0 Å². The molecule has 0 aliphatic heterocycles. The van der Waals surface area contributed by atoms with Crippen LogP contribution >= 0.6 is 11.6 Å². The number of carbonyl (C=O) groups excluding carboxylic acids is 1. The Balaban J connectivity index is 1.51. The summed E-state index contributed by atoms with van der Waals surface area (Å²) in [6, 6.07) is 9.32. The molecule has 0 aliphatic rings. The normalized spacial score (nSPS) is 12.5. The van der Waals surface area contributed by atoms with Crippen LogP contribution in [-0.2, 0) is 19.6 Å². The average Bonchev–Trinajstić information content (AvgIpc) is 3.19. The quantitative estimate of drug-likeness (QED) is 0.534. The lowest BCUT2D eigenvalue weighted by molar-refractivity contribution is -0.149. The summed E-state index contributed by atoms with van der Waals surface area (Å²) < 4.78 is 37.0. The Kier molecular flexibility index (Phi) is 6.57. The van der Waals surface area contributed by atoms with Crippen molar-refractivity contribution in [3.05, 3.63) is 59.7 Å². The first-order valence-electron chi connectivity index (χ1n) is 8.54. The van der Waals surface area contributed by atoms with E-state index in [1.165, 1.54) is 18.2 Å². The Morgan fingerprint density at radius 1 is 1.31 bits per heavy atom. The van der Waals surface area contributed by atoms with Crippen molar-refractivity contribution in [2.75, 3.05) is 6.54 Å². The zero-order valence-electron chi connectivity index (χ0n) is 15.3. The van der Waals surface area contributed by atoms with Gasteiger partial charge in [0.2, 0.25) is 15.8 Å². The molecule has 0 radical (unpaired) electrons. The van der Waals surface area contributed by atoms with Gasteiger partial charge < -0.3 is 9.26 Å². The first-order valence-corrected chi connectivity index (χ1v) is 10.4. The van der Waals surface area contributed by atoms with Crippen LogP contribution in [0.4, 0.5) is 0 Å². The molecule has 3 rings (SSSR count). The first-order chi connectivity index (χ1) is 13.8. The summed E-state index contributed by atoms with van der Waals surface area (Å²) in [6.07, 6.45) is 2.24. The van der Waals surface area contributed by atoms with Crippen LogP contribution < -0.4 is 4.72 Å². The highest BCUT2D eigenvalue weighted by Gasteiger charge is 2.20. The number of nitrogens with one attached hydrogen (secondary N) is 1. The van der Waals surface area contributed by atoms with E-state index in [9.17, 15) is 13.2 Å². The highest BCUT2D eigenvalue weighted by atomic mass is 35.5. The topological polar surface area (TPSA) is 124 Å². The summed E-state index contributed by atoms with van der Waals surface area (Å²) in [5.74, 6) is -0.172. The number of hydrogen-bond acceptors (Lipinski definition) is 8. The van der Waals surface area contributed by atoms with Crippen molar-refractivity contribution >= 4 is 27.6 Å². The van der Waals surface area contributed by atoms with Crippen LogP contribution in [0, 0.1) is 0 Å². The minimum atomic E-state index is -3.78. The molecule has 29 heavy (non-hydrogen) atoms. The number of ether oxygens (including phenoxy) is 1. The monoisotopic (exact) mass is 436 g/mol. The molecule has 11 heteroatoms. The van der Waals surface area contributed by atoms with Crippen LogP contribution in [0.25, 0.3) is 11.4 Å². The predicted octanol–water partition coefficient (Wildman–Crippen LogP) is 2.76. The van der Waals surface area contributed by atoms with Crippen LogP contribution in [-0.4, -0.2) is 36.1 Å². The SMILES string of the molecule is CC(OC(=O)CCNS(=O)(=O)c1cccc(Cl)c1)c1nc(-c2cccnc2)no1. The number of benzene rings is 1. The van der Waals surface area contributed by atoms with Gasteiger partial charge in [-0.2, -0.15) is 4.98 Å². The number of nitrogens with zero attached hydrogens (tertiary/aromatic N) is 3. The minimum absolute atomic E-state index is 0.0144. The Hall–Kier alpha value is -2.82. The van der Waals surface area contributed by atoms with Gasteiger partial charge in [0.05, 0.1) is 11.3 Å². The maximum atomic E-state index is 12.2. The van der Waals surface area contributed by atoms with Crippen molar-refractivity contribution < 1.29 is 22.5 Å². The van der Waals surface area contributed by atoms with Gasteiger partial charge in [0, 0.05) is 29.5 Å². The Labute approximate surface area is 172 Å². The smallest absolute Gasteiger partial charge is 0.307 e. The molecule has 0 aliphatic carbocycles. The molecule has 1 unspecified atom stereocenters. The Bertz CT molecular complexity index is 1090. The maximum absolute atomic E-state index is 12.2. The number of sulfonamides is 1. The number of pyridine rings is 1. The van der Waals surface area contributed by atoms with Gasteiger partial charge in [-0.1, -0.05) is 22.8 Å². The molecule has 1 atom stereocenters. The van der Waals surface area contributed by atoms with Crippen LogP contribution in [0.5, 0.6) is 0 Å². The summed E-state index contributed by atoms with van der Waals surface area (Å²) in [6.45, 7) is 1.44. The van der Waals surface area contributed by atoms with Gasteiger partial charge in [-0.05, 0) is 37.3 Å². The average molecular weight is 437 g/mol. The van der Waals surface area contributed by atoms with Crippen LogP contribution in [0.1, 0.15) is 25.3 Å². The number of hydrogen-bond donors (Lipinski definition) is 1. The second-order valence-corrected chi connectivity index (χ2v) is 8.14. The highest BCUT2D eigenvalue weighted by molar-refractivity contribution is 7.89. The fraction of sp³-hybridized carbons (Fsp3) is 0.222. The fourth-order valence-corrected chi connectivity index (χ4v) is 3.66.